The van der Waals surface area contributed by atoms with Gasteiger partial charge in [-0.1, -0.05) is 42.0 Å². The molecular formula is C22H26ClNO5. The van der Waals surface area contributed by atoms with E-state index >= 15 is 0 Å². The first-order valence-corrected chi connectivity index (χ1v) is 10.0. The van der Waals surface area contributed by atoms with E-state index in [4.69, 9.17) is 11.6 Å². The van der Waals surface area contributed by atoms with E-state index in [1.54, 1.807) is 24.3 Å². The topological polar surface area (TPSA) is 98.1 Å². The fraction of sp³-hybridized carbons (Fsp3) is 0.455. The van der Waals surface area contributed by atoms with Crippen molar-refractivity contribution in [1.29, 1.82) is 0 Å². The zero-order chi connectivity index (χ0) is 21.4. The molecule has 7 heteroatoms. The van der Waals surface area contributed by atoms with Gasteiger partial charge in [0, 0.05) is 16.5 Å². The van der Waals surface area contributed by atoms with Crippen molar-refractivity contribution in [3.63, 3.8) is 0 Å². The van der Waals surface area contributed by atoms with E-state index < -0.39 is 28.9 Å². The molecule has 1 saturated heterocycles. The van der Waals surface area contributed by atoms with Crippen LogP contribution in [0.3, 0.4) is 0 Å². The number of halogens is 1. The van der Waals surface area contributed by atoms with Crippen molar-refractivity contribution in [1.82, 2.24) is 4.90 Å². The number of hydrogen-bond donors (Lipinski definition) is 3. The third kappa shape index (κ3) is 3.72. The van der Waals surface area contributed by atoms with Gasteiger partial charge in [0.05, 0.1) is 5.41 Å². The summed E-state index contributed by atoms with van der Waals surface area (Å²) in [5.41, 5.74) is -2.89. The highest BCUT2D eigenvalue weighted by atomic mass is 35.5. The molecule has 0 spiro atoms. The molecule has 156 valence electrons. The molecule has 0 saturated carbocycles. The first-order valence-electron chi connectivity index (χ1n) is 9.63. The summed E-state index contributed by atoms with van der Waals surface area (Å²) in [6.07, 6.45) is 5.57. The van der Waals surface area contributed by atoms with Gasteiger partial charge in [-0.25, -0.2) is 4.79 Å². The van der Waals surface area contributed by atoms with Crippen LogP contribution in [0.5, 0.6) is 0 Å². The van der Waals surface area contributed by atoms with Crippen LogP contribution < -0.4 is 0 Å². The summed E-state index contributed by atoms with van der Waals surface area (Å²) in [7, 11) is 1.99. The Labute approximate surface area is 175 Å². The highest BCUT2D eigenvalue weighted by Crippen LogP contribution is 2.54. The van der Waals surface area contributed by atoms with Gasteiger partial charge in [-0.3, -0.25) is 4.79 Å². The minimum absolute atomic E-state index is 0.103. The monoisotopic (exact) mass is 419 g/mol. The van der Waals surface area contributed by atoms with Crippen molar-refractivity contribution in [3.05, 3.63) is 58.7 Å². The van der Waals surface area contributed by atoms with Crippen LogP contribution in [0.2, 0.25) is 5.02 Å². The largest absolute Gasteiger partial charge is 0.481 e. The average molecular weight is 420 g/mol. The van der Waals surface area contributed by atoms with Crippen LogP contribution >= 0.6 is 11.6 Å². The molecular weight excluding hydrogens is 394 g/mol. The Balaban J connectivity index is 2.23. The number of carboxylic acids is 2. The van der Waals surface area contributed by atoms with Crippen LogP contribution in [-0.2, 0) is 15.2 Å². The molecule has 1 aromatic rings. The summed E-state index contributed by atoms with van der Waals surface area (Å²) < 4.78 is 0. The molecule has 1 heterocycles. The molecule has 6 nitrogen and oxygen atoms in total. The Kier molecular flexibility index (Phi) is 5.90. The molecule has 0 aromatic heterocycles. The quantitative estimate of drug-likeness (QED) is 0.678. The number of aliphatic hydroxyl groups is 1. The smallest absolute Gasteiger partial charge is 0.332 e. The molecule has 1 fully saturated rings. The molecule has 3 N–H and O–H groups in total. The number of aliphatic carboxylic acids is 2. The summed E-state index contributed by atoms with van der Waals surface area (Å²) >= 11 is 6.04. The normalized spacial score (nSPS) is 27.9. The third-order valence-electron chi connectivity index (χ3n) is 6.42. The summed E-state index contributed by atoms with van der Waals surface area (Å²) in [6, 6.07) is 6.61. The van der Waals surface area contributed by atoms with Crippen LogP contribution in [0, 0.1) is 17.3 Å². The average Bonchev–Trinajstić information content (AvgIpc) is 2.68. The lowest BCUT2D eigenvalue weighted by Crippen LogP contribution is -2.55. The van der Waals surface area contributed by atoms with Crippen LogP contribution in [0.4, 0.5) is 0 Å². The van der Waals surface area contributed by atoms with Crippen molar-refractivity contribution in [2.45, 2.75) is 25.4 Å². The van der Waals surface area contributed by atoms with E-state index in [9.17, 15) is 24.9 Å². The Morgan fingerprint density at radius 1 is 1.17 bits per heavy atom. The lowest BCUT2D eigenvalue weighted by molar-refractivity contribution is -0.163. The van der Waals surface area contributed by atoms with Crippen molar-refractivity contribution < 1.29 is 24.9 Å². The van der Waals surface area contributed by atoms with Gasteiger partial charge in [0.2, 0.25) is 0 Å². The predicted octanol–water partition coefficient (Wildman–Crippen LogP) is 3.16. The van der Waals surface area contributed by atoms with E-state index in [1.165, 1.54) is 25.2 Å². The van der Waals surface area contributed by atoms with E-state index in [-0.39, 0.29) is 11.5 Å². The molecule has 29 heavy (non-hydrogen) atoms. The number of rotatable bonds is 5. The summed E-state index contributed by atoms with van der Waals surface area (Å²) in [4.78, 5) is 26.6. The first kappa shape index (κ1) is 21.6. The highest BCUT2D eigenvalue weighted by molar-refractivity contribution is 6.30. The molecule has 1 aliphatic heterocycles. The van der Waals surface area contributed by atoms with Gasteiger partial charge in [-0.2, -0.15) is 0 Å². The Bertz CT molecular complexity index is 856. The maximum Gasteiger partial charge on any atom is 0.332 e. The van der Waals surface area contributed by atoms with E-state index in [1.807, 2.05) is 7.05 Å². The van der Waals surface area contributed by atoms with Gasteiger partial charge in [0.15, 0.2) is 0 Å². The molecule has 0 bridgehead atoms. The molecule has 3 rings (SSSR count). The van der Waals surface area contributed by atoms with Gasteiger partial charge < -0.3 is 20.2 Å². The standard InChI is InChI=1S/C22H26ClNO5/c1-21(20(27)28)11-3-4-17(19(25)26)18(21)22(29,14-5-7-16(23)8-6-14)15-9-12-24(2)13-10-15/h3-8,11,15,18,29H,9-10,12-13H2,1-2H3,(H,25,26)(H,27,28). The zero-order valence-electron chi connectivity index (χ0n) is 16.5. The summed E-state index contributed by atoms with van der Waals surface area (Å²) in [5.74, 6) is -3.87. The Morgan fingerprint density at radius 3 is 2.28 bits per heavy atom. The molecule has 1 aromatic carbocycles. The first-order chi connectivity index (χ1) is 13.6. The number of piperidine rings is 1. The number of carbonyl (C=O) groups is 2. The number of allylic oxidation sites excluding steroid dienone is 2. The second kappa shape index (κ2) is 7.94. The van der Waals surface area contributed by atoms with Crippen molar-refractivity contribution in [3.8, 4) is 0 Å². The number of benzene rings is 1. The molecule has 0 radical (unpaired) electrons. The van der Waals surface area contributed by atoms with E-state index in [0.717, 1.165) is 13.1 Å². The number of carboxylic acid groups (broad SMARTS) is 2. The highest BCUT2D eigenvalue weighted by Gasteiger charge is 2.58. The van der Waals surface area contributed by atoms with Crippen LogP contribution in [0.1, 0.15) is 25.3 Å². The molecule has 3 atom stereocenters. The van der Waals surface area contributed by atoms with Gasteiger partial charge in [0.25, 0.3) is 0 Å². The summed E-state index contributed by atoms with van der Waals surface area (Å²) in [6.45, 7) is 2.94. The predicted molar refractivity (Wildman–Crippen MR) is 110 cm³/mol. The van der Waals surface area contributed by atoms with Crippen LogP contribution in [0.25, 0.3) is 0 Å². The maximum atomic E-state index is 12.3. The van der Waals surface area contributed by atoms with E-state index in [0.29, 0.717) is 23.4 Å². The van der Waals surface area contributed by atoms with Crippen molar-refractivity contribution in [2.75, 3.05) is 20.1 Å². The van der Waals surface area contributed by atoms with Crippen LogP contribution in [-0.4, -0.2) is 52.3 Å². The van der Waals surface area contributed by atoms with Gasteiger partial charge in [0.1, 0.15) is 5.60 Å². The Morgan fingerprint density at radius 2 is 1.76 bits per heavy atom. The summed E-state index contributed by atoms with van der Waals surface area (Å²) in [5, 5.41) is 32.7. The lowest BCUT2D eigenvalue weighted by atomic mass is 9.56. The number of nitrogens with zero attached hydrogens (tertiary/aromatic N) is 1. The number of likely N-dealkylation sites (tertiary alicyclic amines) is 1. The maximum absolute atomic E-state index is 12.3. The fourth-order valence-electron chi connectivity index (χ4n) is 4.75. The van der Waals surface area contributed by atoms with Crippen LogP contribution in [0.15, 0.2) is 48.1 Å². The van der Waals surface area contributed by atoms with Gasteiger partial charge in [-0.15, -0.1) is 0 Å². The third-order valence-corrected chi connectivity index (χ3v) is 6.68. The molecule has 3 unspecified atom stereocenters. The minimum atomic E-state index is -1.69. The zero-order valence-corrected chi connectivity index (χ0v) is 17.3. The fourth-order valence-corrected chi connectivity index (χ4v) is 4.88. The van der Waals surface area contributed by atoms with Crippen molar-refractivity contribution in [2.24, 2.45) is 17.3 Å². The molecule has 1 aliphatic carbocycles. The Hall–Kier alpha value is -2.15. The lowest BCUT2D eigenvalue weighted by Gasteiger charge is -2.50. The SMILES string of the molecule is CN1CCC(C(O)(c2ccc(Cl)cc2)C2C(C(=O)O)=CC=CC2(C)C(=O)O)CC1. The van der Waals surface area contributed by atoms with Crippen molar-refractivity contribution >= 4 is 23.5 Å². The molecule has 2 aliphatic rings. The number of hydrogen-bond acceptors (Lipinski definition) is 4. The second-order valence-electron chi connectivity index (χ2n) is 8.22. The van der Waals surface area contributed by atoms with E-state index in [2.05, 4.69) is 4.90 Å². The van der Waals surface area contributed by atoms with Gasteiger partial charge >= 0.3 is 11.9 Å². The minimum Gasteiger partial charge on any atom is -0.481 e. The second-order valence-corrected chi connectivity index (χ2v) is 8.65. The van der Waals surface area contributed by atoms with Gasteiger partial charge in [-0.05, 0) is 63.5 Å². The molecule has 0 amide bonds.